The lowest BCUT2D eigenvalue weighted by Crippen LogP contribution is -2.28. The molecule has 2 aromatic rings. The lowest BCUT2D eigenvalue weighted by molar-refractivity contribution is -0.118. The van der Waals surface area contributed by atoms with E-state index in [1.54, 1.807) is 7.11 Å². The SMILES string of the molecule is COc1ccc2nc(SCC(=O)NCC(C)C)[nH]c2c1. The van der Waals surface area contributed by atoms with Crippen molar-refractivity contribution in [1.29, 1.82) is 0 Å². The molecule has 0 aliphatic carbocycles. The molecule has 0 radical (unpaired) electrons. The highest BCUT2D eigenvalue weighted by Crippen LogP contribution is 2.22. The minimum absolute atomic E-state index is 0.0294. The van der Waals surface area contributed by atoms with Crippen LogP contribution in [-0.4, -0.2) is 35.3 Å². The monoisotopic (exact) mass is 293 g/mol. The van der Waals surface area contributed by atoms with Crippen LogP contribution in [0.15, 0.2) is 23.4 Å². The first-order valence-corrected chi connectivity index (χ1v) is 7.50. The van der Waals surface area contributed by atoms with Crippen molar-refractivity contribution in [2.75, 3.05) is 19.4 Å². The van der Waals surface area contributed by atoms with E-state index in [1.807, 2.05) is 18.2 Å². The highest BCUT2D eigenvalue weighted by molar-refractivity contribution is 7.99. The molecule has 0 saturated carbocycles. The Morgan fingerprint density at radius 3 is 3.00 bits per heavy atom. The number of aromatic nitrogens is 2. The van der Waals surface area contributed by atoms with E-state index in [0.717, 1.165) is 21.9 Å². The number of benzene rings is 1. The number of aromatic amines is 1. The number of H-pyrrole nitrogens is 1. The van der Waals surface area contributed by atoms with E-state index in [9.17, 15) is 4.79 Å². The van der Waals surface area contributed by atoms with Crippen molar-refractivity contribution in [3.63, 3.8) is 0 Å². The smallest absolute Gasteiger partial charge is 0.230 e. The normalized spacial score (nSPS) is 11.0. The van der Waals surface area contributed by atoms with E-state index >= 15 is 0 Å². The van der Waals surface area contributed by atoms with Crippen molar-refractivity contribution in [3.8, 4) is 5.75 Å². The van der Waals surface area contributed by atoms with Crippen molar-refractivity contribution in [3.05, 3.63) is 18.2 Å². The highest BCUT2D eigenvalue weighted by atomic mass is 32.2. The number of thioether (sulfide) groups is 1. The lowest BCUT2D eigenvalue weighted by atomic mass is 10.2. The number of carbonyl (C=O) groups is 1. The third-order valence-electron chi connectivity index (χ3n) is 2.71. The van der Waals surface area contributed by atoms with Gasteiger partial charge in [-0.25, -0.2) is 4.98 Å². The number of nitrogens with one attached hydrogen (secondary N) is 2. The van der Waals surface area contributed by atoms with Crippen molar-refractivity contribution in [1.82, 2.24) is 15.3 Å². The molecule has 0 saturated heterocycles. The first kappa shape index (κ1) is 14.7. The van der Waals surface area contributed by atoms with E-state index in [2.05, 4.69) is 29.1 Å². The Morgan fingerprint density at radius 2 is 2.30 bits per heavy atom. The van der Waals surface area contributed by atoms with E-state index < -0.39 is 0 Å². The first-order chi connectivity index (χ1) is 9.58. The van der Waals surface area contributed by atoms with Gasteiger partial charge in [-0.15, -0.1) is 0 Å². The topological polar surface area (TPSA) is 67.0 Å². The van der Waals surface area contributed by atoms with Crippen molar-refractivity contribution < 1.29 is 9.53 Å². The molecule has 20 heavy (non-hydrogen) atoms. The van der Waals surface area contributed by atoms with Gasteiger partial charge in [-0.1, -0.05) is 25.6 Å². The van der Waals surface area contributed by atoms with Gasteiger partial charge in [-0.05, 0) is 18.1 Å². The molecule has 1 aromatic carbocycles. The Balaban J connectivity index is 1.94. The molecule has 1 amide bonds. The van der Waals surface area contributed by atoms with Crippen LogP contribution in [0.2, 0.25) is 0 Å². The molecule has 2 N–H and O–H groups in total. The van der Waals surface area contributed by atoms with Gasteiger partial charge in [-0.3, -0.25) is 4.79 Å². The van der Waals surface area contributed by atoms with Gasteiger partial charge in [0.15, 0.2) is 5.16 Å². The summed E-state index contributed by atoms with van der Waals surface area (Å²) in [4.78, 5) is 19.3. The van der Waals surface area contributed by atoms with Gasteiger partial charge in [0.25, 0.3) is 0 Å². The molecular formula is C14H19N3O2S. The summed E-state index contributed by atoms with van der Waals surface area (Å²) in [6.45, 7) is 4.84. The Hall–Kier alpha value is -1.69. The number of fused-ring (bicyclic) bond motifs is 1. The fraction of sp³-hybridized carbons (Fsp3) is 0.429. The molecule has 0 aliphatic rings. The van der Waals surface area contributed by atoms with Gasteiger partial charge in [0.2, 0.25) is 5.91 Å². The first-order valence-electron chi connectivity index (χ1n) is 6.51. The van der Waals surface area contributed by atoms with Crippen LogP contribution in [0.3, 0.4) is 0 Å². The van der Waals surface area contributed by atoms with Gasteiger partial charge < -0.3 is 15.0 Å². The standard InChI is InChI=1S/C14H19N3O2S/c1-9(2)7-15-13(18)8-20-14-16-11-5-4-10(19-3)6-12(11)17-14/h4-6,9H,7-8H2,1-3H3,(H,15,18)(H,16,17). The fourth-order valence-corrected chi connectivity index (χ4v) is 2.38. The van der Waals surface area contributed by atoms with Crippen LogP contribution in [0.5, 0.6) is 5.75 Å². The molecule has 108 valence electrons. The largest absolute Gasteiger partial charge is 0.497 e. The van der Waals surface area contributed by atoms with Crippen LogP contribution in [0.1, 0.15) is 13.8 Å². The molecule has 0 atom stereocenters. The molecule has 6 heteroatoms. The second-order valence-corrected chi connectivity index (χ2v) is 5.88. The van der Waals surface area contributed by atoms with Gasteiger partial charge in [0.1, 0.15) is 5.75 Å². The van der Waals surface area contributed by atoms with Crippen LogP contribution in [0.4, 0.5) is 0 Å². The molecule has 2 rings (SSSR count). The number of hydrogen-bond donors (Lipinski definition) is 2. The van der Waals surface area contributed by atoms with Crippen LogP contribution < -0.4 is 10.1 Å². The Bertz CT molecular complexity index is 595. The third kappa shape index (κ3) is 3.90. The van der Waals surface area contributed by atoms with E-state index in [1.165, 1.54) is 11.8 Å². The Kier molecular flexibility index (Phi) is 4.89. The summed E-state index contributed by atoms with van der Waals surface area (Å²) in [5.41, 5.74) is 1.78. The van der Waals surface area contributed by atoms with E-state index in [-0.39, 0.29) is 5.91 Å². The van der Waals surface area contributed by atoms with Crippen LogP contribution in [0.25, 0.3) is 11.0 Å². The zero-order valence-corrected chi connectivity index (χ0v) is 12.7. The number of hydrogen-bond acceptors (Lipinski definition) is 4. The van der Waals surface area contributed by atoms with Crippen molar-refractivity contribution in [2.45, 2.75) is 19.0 Å². The van der Waals surface area contributed by atoms with Crippen LogP contribution >= 0.6 is 11.8 Å². The number of imidazole rings is 1. The van der Waals surface area contributed by atoms with Crippen LogP contribution in [0, 0.1) is 5.92 Å². The van der Waals surface area contributed by atoms with E-state index in [4.69, 9.17) is 4.74 Å². The number of nitrogens with zero attached hydrogens (tertiary/aromatic N) is 1. The predicted molar refractivity (Wildman–Crippen MR) is 81.2 cm³/mol. The third-order valence-corrected chi connectivity index (χ3v) is 3.59. The highest BCUT2D eigenvalue weighted by Gasteiger charge is 2.08. The zero-order valence-electron chi connectivity index (χ0n) is 11.9. The number of ether oxygens (including phenoxy) is 1. The summed E-state index contributed by atoms with van der Waals surface area (Å²) < 4.78 is 5.17. The molecule has 0 aliphatic heterocycles. The summed E-state index contributed by atoms with van der Waals surface area (Å²) in [5.74, 6) is 1.64. The molecule has 0 fully saturated rings. The second kappa shape index (κ2) is 6.65. The van der Waals surface area contributed by atoms with Crippen molar-refractivity contribution >= 4 is 28.7 Å². The minimum Gasteiger partial charge on any atom is -0.497 e. The number of amides is 1. The molecular weight excluding hydrogens is 274 g/mol. The maximum absolute atomic E-state index is 11.6. The Morgan fingerprint density at radius 1 is 1.50 bits per heavy atom. The van der Waals surface area contributed by atoms with Crippen molar-refractivity contribution in [2.24, 2.45) is 5.92 Å². The average molecular weight is 293 g/mol. The van der Waals surface area contributed by atoms with E-state index in [0.29, 0.717) is 18.2 Å². The molecule has 5 nitrogen and oxygen atoms in total. The average Bonchev–Trinajstić information content (AvgIpc) is 2.84. The summed E-state index contributed by atoms with van der Waals surface area (Å²) in [6.07, 6.45) is 0. The minimum atomic E-state index is 0.0294. The van der Waals surface area contributed by atoms with Crippen LogP contribution in [-0.2, 0) is 4.79 Å². The predicted octanol–water partition coefficient (Wildman–Crippen LogP) is 2.44. The molecule has 0 unspecified atom stereocenters. The second-order valence-electron chi connectivity index (χ2n) is 4.91. The maximum Gasteiger partial charge on any atom is 0.230 e. The lowest BCUT2D eigenvalue weighted by Gasteiger charge is -2.06. The summed E-state index contributed by atoms with van der Waals surface area (Å²) >= 11 is 1.40. The van der Waals surface area contributed by atoms with Gasteiger partial charge in [-0.2, -0.15) is 0 Å². The molecule has 0 spiro atoms. The molecule has 0 bridgehead atoms. The number of rotatable bonds is 6. The Labute approximate surface area is 122 Å². The number of carbonyl (C=O) groups excluding carboxylic acids is 1. The fourth-order valence-electron chi connectivity index (χ4n) is 1.66. The van der Waals surface area contributed by atoms with Gasteiger partial charge >= 0.3 is 0 Å². The maximum atomic E-state index is 11.6. The molecule has 1 aromatic heterocycles. The van der Waals surface area contributed by atoms with Gasteiger partial charge in [0.05, 0.1) is 23.9 Å². The summed E-state index contributed by atoms with van der Waals surface area (Å²) in [5, 5.41) is 3.63. The molecule has 1 heterocycles. The summed E-state index contributed by atoms with van der Waals surface area (Å²) in [6, 6.07) is 5.66. The summed E-state index contributed by atoms with van der Waals surface area (Å²) in [7, 11) is 1.63. The zero-order chi connectivity index (χ0) is 14.5. The quantitative estimate of drug-likeness (QED) is 0.803. The van der Waals surface area contributed by atoms with Gasteiger partial charge in [0, 0.05) is 12.6 Å². The number of methoxy groups -OCH3 is 1.